The maximum absolute atomic E-state index is 14.2. The number of ether oxygens (including phenoxy) is 2. The zero-order valence-electron chi connectivity index (χ0n) is 25.2. The number of urea groups is 1. The van der Waals surface area contributed by atoms with Gasteiger partial charge in [-0.2, -0.15) is 9.56 Å². The smallest absolute Gasteiger partial charge is 0.448 e. The Morgan fingerprint density at radius 2 is 1.93 bits per heavy atom. The van der Waals surface area contributed by atoms with Crippen LogP contribution in [-0.2, 0) is 9.53 Å². The summed E-state index contributed by atoms with van der Waals surface area (Å²) < 4.78 is 13.6. The number of carbonyl (C=O) groups is 3. The highest BCUT2D eigenvalue weighted by Gasteiger charge is 2.48. The summed E-state index contributed by atoms with van der Waals surface area (Å²) >= 11 is 0. The van der Waals surface area contributed by atoms with Gasteiger partial charge in [-0.3, -0.25) is 14.5 Å². The molecule has 0 radical (unpaired) electrons. The first-order chi connectivity index (χ1) is 20.1. The van der Waals surface area contributed by atoms with Crippen LogP contribution in [0.5, 0.6) is 5.88 Å². The van der Waals surface area contributed by atoms with Gasteiger partial charge in [0, 0.05) is 42.3 Å². The minimum atomic E-state index is -0.770. The Hall–Kier alpha value is -3.18. The number of Topliss-reactive ketones (excluding diaryl/α,β-unsaturated/α-hetero) is 2. The van der Waals surface area contributed by atoms with E-state index in [0.29, 0.717) is 74.1 Å². The van der Waals surface area contributed by atoms with E-state index in [1.54, 1.807) is 7.05 Å². The monoisotopic (exact) mass is 579 g/mol. The number of rotatable bonds is 6. The number of hydrogen-bond acceptors (Lipinski definition) is 9. The number of ketones is 2. The lowest BCUT2D eigenvalue weighted by molar-refractivity contribution is -0.324. The van der Waals surface area contributed by atoms with Crippen molar-refractivity contribution in [3.8, 4) is 5.88 Å². The van der Waals surface area contributed by atoms with Gasteiger partial charge in [0.05, 0.1) is 25.3 Å². The molecule has 42 heavy (non-hydrogen) atoms. The molecule has 5 aliphatic rings. The summed E-state index contributed by atoms with van der Waals surface area (Å²) in [6.45, 7) is 5.36. The van der Waals surface area contributed by atoms with Crippen molar-refractivity contribution in [2.24, 2.45) is 17.1 Å². The van der Waals surface area contributed by atoms with E-state index in [-0.39, 0.29) is 41.6 Å². The Morgan fingerprint density at radius 3 is 2.62 bits per heavy atom. The molecule has 0 bridgehead atoms. The molecule has 11 nitrogen and oxygen atoms in total. The molecule has 1 spiro atoms. The molecule has 6 rings (SSSR count). The number of hydrogen-bond donors (Lipinski definition) is 1. The zero-order valence-corrected chi connectivity index (χ0v) is 25.2. The van der Waals surface area contributed by atoms with E-state index < -0.39 is 11.2 Å². The number of nitrogens with two attached hydrogens (primary N) is 1. The lowest BCUT2D eigenvalue weighted by Gasteiger charge is -2.40. The van der Waals surface area contributed by atoms with E-state index in [1.165, 1.54) is 9.48 Å². The lowest BCUT2D eigenvalue weighted by Crippen LogP contribution is -2.42. The zero-order chi connectivity index (χ0) is 29.8. The van der Waals surface area contributed by atoms with Crippen molar-refractivity contribution in [2.75, 3.05) is 32.2 Å². The molecule has 1 aromatic heterocycles. The van der Waals surface area contributed by atoms with Crippen LogP contribution < -0.4 is 15.4 Å². The number of likely N-dealkylation sites (tertiary alicyclic amines) is 1. The molecule has 11 heteroatoms. The van der Waals surface area contributed by atoms with Gasteiger partial charge in [0.2, 0.25) is 11.5 Å². The number of carbonyl (C=O) groups excluding carboxylic acids is 3. The number of anilines is 1. The van der Waals surface area contributed by atoms with Gasteiger partial charge < -0.3 is 15.2 Å². The van der Waals surface area contributed by atoms with Gasteiger partial charge in [-0.1, -0.05) is 11.4 Å². The van der Waals surface area contributed by atoms with Crippen LogP contribution in [-0.4, -0.2) is 88.8 Å². The first-order valence-corrected chi connectivity index (χ1v) is 15.5. The lowest BCUT2D eigenvalue weighted by atomic mass is 9.64. The van der Waals surface area contributed by atoms with Gasteiger partial charge in [-0.15, -0.1) is 0 Å². The highest BCUT2D eigenvalue weighted by Crippen LogP contribution is 2.48. The van der Waals surface area contributed by atoms with E-state index in [0.717, 1.165) is 32.1 Å². The van der Waals surface area contributed by atoms with Crippen molar-refractivity contribution in [3.05, 3.63) is 17.1 Å². The first-order valence-electron chi connectivity index (χ1n) is 15.5. The molecule has 1 saturated carbocycles. The highest BCUT2D eigenvalue weighted by atomic mass is 16.5. The Labute approximate surface area is 247 Å². The molecule has 1 unspecified atom stereocenters. The minimum absolute atomic E-state index is 0.0493. The first kappa shape index (κ1) is 28.9. The van der Waals surface area contributed by atoms with E-state index in [4.69, 9.17) is 20.2 Å². The van der Waals surface area contributed by atoms with Crippen LogP contribution in [0.2, 0.25) is 0 Å². The number of fused-ring (bicyclic) bond motifs is 1. The number of likely N-dealkylation sites (N-methyl/N-ethyl adjacent to an activating group) is 1. The van der Waals surface area contributed by atoms with Gasteiger partial charge >= 0.3 is 11.8 Å². The second-order valence-corrected chi connectivity index (χ2v) is 12.8. The number of amides is 2. The summed E-state index contributed by atoms with van der Waals surface area (Å²) in [7, 11) is 3.77. The quantitative estimate of drug-likeness (QED) is 0.395. The summed E-state index contributed by atoms with van der Waals surface area (Å²) in [4.78, 5) is 54.0. The molecular formula is C31H43N6O5+. The van der Waals surface area contributed by atoms with Crippen LogP contribution in [0.25, 0.3) is 0 Å². The molecule has 1 aromatic rings. The topological polar surface area (TPSA) is 131 Å². The van der Waals surface area contributed by atoms with Crippen LogP contribution in [0, 0.1) is 11.3 Å². The molecule has 226 valence electrons. The predicted octanol–water partition coefficient (Wildman–Crippen LogP) is 3.76. The summed E-state index contributed by atoms with van der Waals surface area (Å²) in [5.74, 6) is 0.242. The van der Waals surface area contributed by atoms with Gasteiger partial charge in [0.25, 0.3) is 11.7 Å². The average Bonchev–Trinajstić information content (AvgIpc) is 3.67. The van der Waals surface area contributed by atoms with Crippen molar-refractivity contribution >= 4 is 35.3 Å². The van der Waals surface area contributed by atoms with Crippen molar-refractivity contribution in [3.63, 3.8) is 0 Å². The Kier molecular flexibility index (Phi) is 7.67. The van der Waals surface area contributed by atoms with E-state index >= 15 is 0 Å². The third-order valence-electron chi connectivity index (χ3n) is 10.3. The van der Waals surface area contributed by atoms with E-state index in [9.17, 15) is 14.4 Å². The van der Waals surface area contributed by atoms with Gasteiger partial charge in [-0.25, -0.2) is 9.69 Å². The maximum atomic E-state index is 14.2. The molecule has 3 fully saturated rings. The third kappa shape index (κ3) is 4.74. The number of nitrogens with zero attached hydrogens (tertiary/aromatic N) is 5. The normalized spacial score (nSPS) is 31.9. The Bertz CT molecular complexity index is 1370. The van der Waals surface area contributed by atoms with Crippen LogP contribution in [0.15, 0.2) is 11.3 Å². The molecule has 5 atom stereocenters. The fourth-order valence-corrected chi connectivity index (χ4v) is 7.53. The second-order valence-electron chi connectivity index (χ2n) is 12.8. The summed E-state index contributed by atoms with van der Waals surface area (Å²) in [6.07, 6.45) is 9.21. The largest absolute Gasteiger partial charge is 0.470 e. The summed E-state index contributed by atoms with van der Waals surface area (Å²) in [5.41, 5.74) is 7.16. The van der Waals surface area contributed by atoms with Gasteiger partial charge in [0.1, 0.15) is 11.9 Å². The predicted molar refractivity (Wildman–Crippen MR) is 156 cm³/mol. The average molecular weight is 580 g/mol. The van der Waals surface area contributed by atoms with Crippen molar-refractivity contribution in [1.29, 1.82) is 0 Å². The molecule has 2 saturated heterocycles. The van der Waals surface area contributed by atoms with Crippen LogP contribution in [0.4, 0.5) is 16.3 Å². The molecule has 4 heterocycles. The Balaban J connectivity index is 1.44. The van der Waals surface area contributed by atoms with Gasteiger partial charge in [-0.05, 0) is 72.3 Å². The summed E-state index contributed by atoms with van der Waals surface area (Å²) in [5, 5.41) is 0. The fourth-order valence-electron chi connectivity index (χ4n) is 7.53. The maximum Gasteiger partial charge on any atom is 0.448 e. The highest BCUT2D eigenvalue weighted by molar-refractivity contribution is 6.09. The minimum Gasteiger partial charge on any atom is -0.470 e. The van der Waals surface area contributed by atoms with Crippen LogP contribution in [0.3, 0.4) is 0 Å². The third-order valence-corrected chi connectivity index (χ3v) is 10.3. The van der Waals surface area contributed by atoms with Crippen LogP contribution >= 0.6 is 0 Å². The molecular weight excluding hydrogens is 536 g/mol. The molecule has 2 N–H and O–H groups in total. The van der Waals surface area contributed by atoms with Crippen molar-refractivity contribution < 1.29 is 28.4 Å². The molecule has 3 aliphatic heterocycles. The van der Waals surface area contributed by atoms with Gasteiger partial charge in [0.15, 0.2) is 0 Å². The number of allylic oxidation sites excluding steroid dienone is 2. The summed E-state index contributed by atoms with van der Waals surface area (Å²) in [6, 6.07) is 0.315. The Morgan fingerprint density at radius 1 is 1.14 bits per heavy atom. The SMILES string of the molecule is C[C@H](Oc1nc(C(=O)C2=C(N)[C@]3(CCCCC3=O)CCC2)nc2c1N(C)C(=O)/[N+]2=C\C1CCOC1)[C@@H]1CC[C@H](C)N1C. The second kappa shape index (κ2) is 11.1. The number of aromatic nitrogens is 2. The molecule has 2 aliphatic carbocycles. The van der Waals surface area contributed by atoms with E-state index in [2.05, 4.69) is 23.9 Å². The van der Waals surface area contributed by atoms with E-state index in [1.807, 2.05) is 13.1 Å². The van der Waals surface area contributed by atoms with Crippen molar-refractivity contribution in [2.45, 2.75) is 96.2 Å². The molecule has 2 amide bonds. The van der Waals surface area contributed by atoms with Crippen molar-refractivity contribution in [1.82, 2.24) is 14.9 Å². The fraction of sp³-hybridized carbons (Fsp3) is 0.677. The van der Waals surface area contributed by atoms with Crippen LogP contribution in [0.1, 0.15) is 88.7 Å². The standard InChI is InChI=1S/C31H42N6O5/c1-18-10-11-22(35(18)3)19(2)42-29-24-28(37(30(40)36(24)4)16-20-12-15-41-17-20)33-27(34-29)25(39)21-8-7-14-31(26(21)32)13-6-5-9-23(31)38/h16,18-20,22H,5-15,17H2,1-4H3,(H-,32,39)/p+1/b37-16-/t18-,19-,20?,22-,31+/m0/s1. The molecule has 0 aromatic carbocycles.